The molecule has 0 saturated carbocycles. The van der Waals surface area contributed by atoms with E-state index >= 15 is 0 Å². The predicted octanol–water partition coefficient (Wildman–Crippen LogP) is 1.41. The summed E-state index contributed by atoms with van der Waals surface area (Å²) in [6.45, 7) is 1.01. The first kappa shape index (κ1) is 12.2. The van der Waals surface area contributed by atoms with E-state index in [4.69, 9.17) is 9.78 Å². The second-order valence-corrected chi connectivity index (χ2v) is 3.68. The van der Waals surface area contributed by atoms with Crippen LogP contribution in [0.25, 0.3) is 0 Å². The van der Waals surface area contributed by atoms with E-state index in [9.17, 15) is 4.39 Å². The van der Waals surface area contributed by atoms with Gasteiger partial charge in [0.1, 0.15) is 5.82 Å². The van der Waals surface area contributed by atoms with Gasteiger partial charge in [-0.1, -0.05) is 11.2 Å². The fourth-order valence-electron chi connectivity index (χ4n) is 1.48. The number of nitriles is 1. The zero-order chi connectivity index (χ0) is 12.8. The molecule has 0 saturated heterocycles. The van der Waals surface area contributed by atoms with E-state index in [-0.39, 0.29) is 5.82 Å². The Morgan fingerprint density at radius 2 is 2.33 bits per heavy atom. The van der Waals surface area contributed by atoms with Crippen LogP contribution in [-0.2, 0) is 13.0 Å². The molecule has 0 bridgehead atoms. The van der Waals surface area contributed by atoms with Gasteiger partial charge in [0.25, 0.3) is 0 Å². The Morgan fingerprint density at radius 3 is 3.00 bits per heavy atom. The van der Waals surface area contributed by atoms with Crippen molar-refractivity contribution >= 4 is 0 Å². The van der Waals surface area contributed by atoms with Crippen molar-refractivity contribution in [2.45, 2.75) is 13.0 Å². The standard InChI is InChI=1S/C12H11FN4O/c13-11-5-9(6-14)1-2-10(11)7-15-4-3-12-16-8-17-18-12/h1-2,5,8,15H,3-4,7H2. The highest BCUT2D eigenvalue weighted by molar-refractivity contribution is 5.32. The lowest BCUT2D eigenvalue weighted by atomic mass is 10.1. The lowest BCUT2D eigenvalue weighted by molar-refractivity contribution is 0.374. The van der Waals surface area contributed by atoms with Gasteiger partial charge in [-0.3, -0.25) is 0 Å². The average molecular weight is 246 g/mol. The summed E-state index contributed by atoms with van der Waals surface area (Å²) < 4.78 is 18.3. The van der Waals surface area contributed by atoms with Crippen LogP contribution >= 0.6 is 0 Å². The first-order valence-corrected chi connectivity index (χ1v) is 5.44. The van der Waals surface area contributed by atoms with E-state index in [1.807, 2.05) is 6.07 Å². The van der Waals surface area contributed by atoms with Crippen LogP contribution in [-0.4, -0.2) is 16.7 Å². The molecule has 1 aromatic carbocycles. The number of hydrogen-bond acceptors (Lipinski definition) is 5. The van der Waals surface area contributed by atoms with Gasteiger partial charge in [-0.15, -0.1) is 0 Å². The Morgan fingerprint density at radius 1 is 1.44 bits per heavy atom. The van der Waals surface area contributed by atoms with Crippen molar-refractivity contribution in [1.82, 2.24) is 15.5 Å². The van der Waals surface area contributed by atoms with Crippen molar-refractivity contribution in [3.63, 3.8) is 0 Å². The quantitative estimate of drug-likeness (QED) is 0.807. The molecule has 1 N–H and O–H groups in total. The Hall–Kier alpha value is -2.26. The Balaban J connectivity index is 1.82. The monoisotopic (exact) mass is 246 g/mol. The van der Waals surface area contributed by atoms with Crippen molar-refractivity contribution < 1.29 is 8.91 Å². The number of nitrogens with zero attached hydrogens (tertiary/aromatic N) is 3. The largest absolute Gasteiger partial charge is 0.340 e. The highest BCUT2D eigenvalue weighted by Crippen LogP contribution is 2.09. The zero-order valence-corrected chi connectivity index (χ0v) is 9.56. The number of hydrogen-bond donors (Lipinski definition) is 1. The van der Waals surface area contributed by atoms with Gasteiger partial charge < -0.3 is 9.84 Å². The number of benzene rings is 1. The van der Waals surface area contributed by atoms with Gasteiger partial charge in [0, 0.05) is 25.1 Å². The molecule has 0 radical (unpaired) electrons. The van der Waals surface area contributed by atoms with Gasteiger partial charge in [-0.05, 0) is 12.1 Å². The smallest absolute Gasteiger partial charge is 0.227 e. The van der Waals surface area contributed by atoms with Crippen molar-refractivity contribution in [3.8, 4) is 6.07 Å². The summed E-state index contributed by atoms with van der Waals surface area (Å²) in [5, 5.41) is 15.2. The highest BCUT2D eigenvalue weighted by atomic mass is 19.1. The summed E-state index contributed by atoms with van der Waals surface area (Å²) in [7, 11) is 0. The molecule has 0 unspecified atom stereocenters. The first-order valence-electron chi connectivity index (χ1n) is 5.44. The summed E-state index contributed by atoms with van der Waals surface area (Å²) in [6.07, 6.45) is 1.94. The minimum absolute atomic E-state index is 0.321. The van der Waals surface area contributed by atoms with E-state index < -0.39 is 0 Å². The van der Waals surface area contributed by atoms with Crippen LogP contribution in [0.1, 0.15) is 17.0 Å². The molecule has 6 heteroatoms. The van der Waals surface area contributed by atoms with Crippen LogP contribution in [0.3, 0.4) is 0 Å². The van der Waals surface area contributed by atoms with Gasteiger partial charge in [-0.2, -0.15) is 10.2 Å². The fraction of sp³-hybridized carbons (Fsp3) is 0.250. The van der Waals surface area contributed by atoms with Crippen molar-refractivity contribution in [1.29, 1.82) is 5.26 Å². The minimum Gasteiger partial charge on any atom is -0.340 e. The Kier molecular flexibility index (Phi) is 3.99. The van der Waals surface area contributed by atoms with Crippen LogP contribution in [0, 0.1) is 17.1 Å². The van der Waals surface area contributed by atoms with Crippen LogP contribution < -0.4 is 5.32 Å². The highest BCUT2D eigenvalue weighted by Gasteiger charge is 2.03. The van der Waals surface area contributed by atoms with E-state index in [1.54, 1.807) is 12.1 Å². The zero-order valence-electron chi connectivity index (χ0n) is 9.56. The summed E-state index contributed by atoms with van der Waals surface area (Å²) in [6, 6.07) is 6.32. The van der Waals surface area contributed by atoms with Gasteiger partial charge in [0.2, 0.25) is 5.89 Å². The third-order valence-electron chi connectivity index (χ3n) is 2.42. The van der Waals surface area contributed by atoms with E-state index in [0.29, 0.717) is 36.5 Å². The van der Waals surface area contributed by atoms with Crippen LogP contribution in [0.15, 0.2) is 29.0 Å². The molecule has 18 heavy (non-hydrogen) atoms. The summed E-state index contributed by atoms with van der Waals surface area (Å²) in [5.74, 6) is 0.169. The molecule has 0 aliphatic carbocycles. The molecule has 5 nitrogen and oxygen atoms in total. The lowest BCUT2D eigenvalue weighted by Crippen LogP contribution is -2.17. The van der Waals surface area contributed by atoms with Gasteiger partial charge in [0.15, 0.2) is 6.33 Å². The maximum absolute atomic E-state index is 13.5. The average Bonchev–Trinajstić information content (AvgIpc) is 2.89. The summed E-state index contributed by atoms with van der Waals surface area (Å²) in [5.41, 5.74) is 0.849. The number of aromatic nitrogens is 2. The van der Waals surface area contributed by atoms with Gasteiger partial charge in [-0.25, -0.2) is 4.39 Å². The second kappa shape index (κ2) is 5.89. The summed E-state index contributed by atoms with van der Waals surface area (Å²) in [4.78, 5) is 3.87. The van der Waals surface area contributed by atoms with E-state index in [2.05, 4.69) is 15.5 Å². The molecule has 1 aromatic heterocycles. The number of rotatable bonds is 5. The summed E-state index contributed by atoms with van der Waals surface area (Å²) >= 11 is 0. The Labute approximate surface area is 103 Å². The fourth-order valence-corrected chi connectivity index (χ4v) is 1.48. The SMILES string of the molecule is N#Cc1ccc(CNCCc2ncno2)c(F)c1. The van der Waals surface area contributed by atoms with E-state index in [0.717, 1.165) is 0 Å². The normalized spacial score (nSPS) is 10.2. The van der Waals surface area contributed by atoms with Gasteiger partial charge in [0.05, 0.1) is 11.6 Å². The van der Waals surface area contributed by atoms with Crippen molar-refractivity contribution in [3.05, 3.63) is 47.4 Å². The molecule has 0 spiro atoms. The van der Waals surface area contributed by atoms with Crippen LogP contribution in [0.2, 0.25) is 0 Å². The Bertz CT molecular complexity index is 548. The molecule has 0 aliphatic heterocycles. The lowest BCUT2D eigenvalue weighted by Gasteiger charge is -2.04. The predicted molar refractivity (Wildman–Crippen MR) is 60.8 cm³/mol. The molecule has 92 valence electrons. The maximum Gasteiger partial charge on any atom is 0.227 e. The maximum atomic E-state index is 13.5. The first-order chi connectivity index (χ1) is 8.79. The molecular weight excluding hydrogens is 235 g/mol. The minimum atomic E-state index is -0.376. The third-order valence-corrected chi connectivity index (χ3v) is 2.42. The molecule has 1 heterocycles. The van der Waals surface area contributed by atoms with Crippen molar-refractivity contribution in [2.75, 3.05) is 6.54 Å². The molecule has 2 aromatic rings. The molecular formula is C12H11FN4O. The van der Waals surface area contributed by atoms with Crippen LogP contribution in [0.4, 0.5) is 4.39 Å². The molecule has 0 amide bonds. The molecule has 0 aliphatic rings. The number of halogens is 1. The number of nitrogens with one attached hydrogen (secondary N) is 1. The third kappa shape index (κ3) is 3.12. The molecule has 0 atom stereocenters. The van der Waals surface area contributed by atoms with E-state index in [1.165, 1.54) is 12.4 Å². The van der Waals surface area contributed by atoms with Crippen LogP contribution in [0.5, 0.6) is 0 Å². The van der Waals surface area contributed by atoms with Gasteiger partial charge >= 0.3 is 0 Å². The second-order valence-electron chi connectivity index (χ2n) is 3.68. The topological polar surface area (TPSA) is 74.7 Å². The van der Waals surface area contributed by atoms with Crippen molar-refractivity contribution in [2.24, 2.45) is 0 Å². The molecule has 2 rings (SSSR count). The molecule has 0 fully saturated rings.